The quantitative estimate of drug-likeness (QED) is 0.759. The van der Waals surface area contributed by atoms with Crippen molar-refractivity contribution in [3.8, 4) is 11.5 Å². The average Bonchev–Trinajstić information content (AvgIpc) is 2.96. The second-order valence-electron chi connectivity index (χ2n) is 7.37. The van der Waals surface area contributed by atoms with Crippen LogP contribution in [-0.4, -0.2) is 33.8 Å². The van der Waals surface area contributed by atoms with Gasteiger partial charge in [-0.25, -0.2) is 0 Å². The summed E-state index contributed by atoms with van der Waals surface area (Å²) in [6.45, 7) is 2.36. The molecule has 0 fully saturated rings. The monoisotopic (exact) mass is 364 g/mol. The molecule has 0 heterocycles. The molecular formula is C22H20O5. The topological polar surface area (TPSA) is 87.0 Å². The SMILES string of the molecule is CCO[C@H]1C[C@@H](O)C2=C3c4cccc(O)c4C(=O)C[C@@H]3c3ccc(O)c1c32. The summed E-state index contributed by atoms with van der Waals surface area (Å²) in [5, 5.41) is 31.8. The summed E-state index contributed by atoms with van der Waals surface area (Å²) in [6, 6.07) is 8.56. The van der Waals surface area contributed by atoms with E-state index in [-0.39, 0.29) is 35.7 Å². The predicted molar refractivity (Wildman–Crippen MR) is 99.7 cm³/mol. The number of aliphatic hydroxyl groups is 1. The van der Waals surface area contributed by atoms with Gasteiger partial charge in [-0.15, -0.1) is 0 Å². The van der Waals surface area contributed by atoms with E-state index in [0.29, 0.717) is 29.7 Å². The zero-order chi connectivity index (χ0) is 18.9. The highest BCUT2D eigenvalue weighted by molar-refractivity contribution is 6.14. The van der Waals surface area contributed by atoms with Crippen LogP contribution in [0, 0.1) is 0 Å². The summed E-state index contributed by atoms with van der Waals surface area (Å²) >= 11 is 0. The number of ether oxygens (including phenoxy) is 1. The fraction of sp³-hybridized carbons (Fsp3) is 0.318. The Labute approximate surface area is 156 Å². The minimum absolute atomic E-state index is 0.0273. The van der Waals surface area contributed by atoms with Crippen LogP contribution in [0.5, 0.6) is 11.5 Å². The van der Waals surface area contributed by atoms with Crippen molar-refractivity contribution in [3.63, 3.8) is 0 Å². The lowest BCUT2D eigenvalue weighted by atomic mass is 9.77. The molecular weight excluding hydrogens is 344 g/mol. The normalized spacial score (nSPS) is 25.3. The van der Waals surface area contributed by atoms with Gasteiger partial charge in [-0.2, -0.15) is 0 Å². The first-order chi connectivity index (χ1) is 13.0. The first kappa shape index (κ1) is 16.5. The Balaban J connectivity index is 1.84. The number of carbonyl (C=O) groups excluding carboxylic acids is 1. The van der Waals surface area contributed by atoms with Gasteiger partial charge >= 0.3 is 0 Å². The number of rotatable bonds is 2. The summed E-state index contributed by atoms with van der Waals surface area (Å²) in [5.74, 6) is -0.154. The molecule has 0 aromatic heterocycles. The molecule has 5 heteroatoms. The van der Waals surface area contributed by atoms with E-state index in [2.05, 4.69) is 0 Å². The van der Waals surface area contributed by atoms with E-state index in [4.69, 9.17) is 4.74 Å². The fourth-order valence-corrected chi connectivity index (χ4v) is 5.05. The van der Waals surface area contributed by atoms with Crippen molar-refractivity contribution in [3.05, 3.63) is 58.1 Å². The van der Waals surface area contributed by atoms with Crippen LogP contribution in [0.25, 0.3) is 11.1 Å². The van der Waals surface area contributed by atoms with Crippen molar-refractivity contribution in [1.82, 2.24) is 0 Å². The highest BCUT2D eigenvalue weighted by Gasteiger charge is 2.46. The summed E-state index contributed by atoms with van der Waals surface area (Å²) in [4.78, 5) is 12.8. The van der Waals surface area contributed by atoms with Crippen LogP contribution in [0.2, 0.25) is 0 Å². The van der Waals surface area contributed by atoms with E-state index >= 15 is 0 Å². The maximum absolute atomic E-state index is 12.8. The van der Waals surface area contributed by atoms with Crippen LogP contribution < -0.4 is 0 Å². The Morgan fingerprint density at radius 3 is 2.67 bits per heavy atom. The lowest BCUT2D eigenvalue weighted by Gasteiger charge is -2.31. The van der Waals surface area contributed by atoms with Gasteiger partial charge in [0.1, 0.15) is 11.5 Å². The molecule has 5 rings (SSSR count). The molecule has 0 aliphatic heterocycles. The number of aliphatic hydroxyl groups excluding tert-OH is 1. The Morgan fingerprint density at radius 2 is 1.89 bits per heavy atom. The number of phenols is 2. The summed E-state index contributed by atoms with van der Waals surface area (Å²) in [7, 11) is 0. The number of carbonyl (C=O) groups is 1. The molecule has 0 amide bonds. The van der Waals surface area contributed by atoms with Crippen LogP contribution in [0.4, 0.5) is 0 Å². The van der Waals surface area contributed by atoms with Gasteiger partial charge in [-0.05, 0) is 46.9 Å². The summed E-state index contributed by atoms with van der Waals surface area (Å²) < 4.78 is 5.81. The van der Waals surface area contributed by atoms with Crippen molar-refractivity contribution in [2.45, 2.75) is 37.9 Å². The standard InChI is InChI=1S/C22H20O5/c1-2-27-17-9-16(26)22-18-11-4-3-5-13(23)19(11)15(25)8-12(18)10-6-7-14(24)21(17)20(10)22/h3-7,12,16-17,23-24,26H,2,8-9H2,1H3/t12-,16-,17+/m1/s1. The third kappa shape index (κ3) is 2.10. The van der Waals surface area contributed by atoms with Crippen LogP contribution in [0.3, 0.4) is 0 Å². The molecule has 5 nitrogen and oxygen atoms in total. The van der Waals surface area contributed by atoms with Crippen molar-refractivity contribution in [2.24, 2.45) is 0 Å². The Kier molecular flexibility index (Phi) is 3.48. The maximum atomic E-state index is 12.8. The predicted octanol–water partition coefficient (Wildman–Crippen LogP) is 3.53. The molecule has 3 atom stereocenters. The minimum Gasteiger partial charge on any atom is -0.508 e. The first-order valence-electron chi connectivity index (χ1n) is 9.28. The number of aromatic hydroxyl groups is 2. The van der Waals surface area contributed by atoms with Gasteiger partial charge in [0.25, 0.3) is 0 Å². The van der Waals surface area contributed by atoms with Gasteiger partial charge < -0.3 is 20.1 Å². The van der Waals surface area contributed by atoms with E-state index in [1.807, 2.05) is 19.1 Å². The zero-order valence-corrected chi connectivity index (χ0v) is 14.9. The number of allylic oxidation sites excluding steroid dienone is 1. The third-order valence-electron chi connectivity index (χ3n) is 6.00. The van der Waals surface area contributed by atoms with E-state index < -0.39 is 6.10 Å². The largest absolute Gasteiger partial charge is 0.508 e. The molecule has 0 unspecified atom stereocenters. The first-order valence-corrected chi connectivity index (χ1v) is 9.28. The molecule has 27 heavy (non-hydrogen) atoms. The highest BCUT2D eigenvalue weighted by Crippen LogP contribution is 2.59. The molecule has 0 saturated heterocycles. The molecule has 0 spiro atoms. The van der Waals surface area contributed by atoms with Crippen molar-refractivity contribution < 1.29 is 24.9 Å². The summed E-state index contributed by atoms with van der Waals surface area (Å²) in [6.07, 6.45) is -0.542. The lowest BCUT2D eigenvalue weighted by molar-refractivity contribution is 0.0262. The number of hydrogen-bond donors (Lipinski definition) is 3. The van der Waals surface area contributed by atoms with E-state index in [1.165, 1.54) is 6.07 Å². The Morgan fingerprint density at radius 1 is 1.07 bits per heavy atom. The van der Waals surface area contributed by atoms with Crippen molar-refractivity contribution in [1.29, 1.82) is 0 Å². The number of ketones is 1. The van der Waals surface area contributed by atoms with Gasteiger partial charge in [0.2, 0.25) is 0 Å². The van der Waals surface area contributed by atoms with E-state index in [1.54, 1.807) is 12.1 Å². The molecule has 0 saturated carbocycles. The number of benzene rings is 2. The van der Waals surface area contributed by atoms with Crippen LogP contribution in [0.15, 0.2) is 30.3 Å². The molecule has 2 aromatic carbocycles. The van der Waals surface area contributed by atoms with Crippen LogP contribution in [0.1, 0.15) is 64.4 Å². The molecule has 3 aliphatic carbocycles. The van der Waals surface area contributed by atoms with Gasteiger partial charge in [-0.3, -0.25) is 4.79 Å². The fourth-order valence-electron chi connectivity index (χ4n) is 5.05. The Bertz CT molecular complexity index is 1020. The van der Waals surface area contributed by atoms with Crippen molar-refractivity contribution in [2.75, 3.05) is 6.61 Å². The van der Waals surface area contributed by atoms with E-state index in [9.17, 15) is 20.1 Å². The highest BCUT2D eigenvalue weighted by atomic mass is 16.5. The molecule has 138 valence electrons. The number of Topliss-reactive ketones (excluding diaryl/α,β-unsaturated/α-hetero) is 1. The molecule has 3 aliphatic rings. The lowest BCUT2D eigenvalue weighted by Crippen LogP contribution is -2.24. The van der Waals surface area contributed by atoms with Gasteiger partial charge in [0.05, 0.1) is 17.8 Å². The molecule has 2 aromatic rings. The summed E-state index contributed by atoms with van der Waals surface area (Å²) in [5.41, 5.74) is 5.12. The average molecular weight is 364 g/mol. The minimum atomic E-state index is -0.752. The number of hydrogen-bond acceptors (Lipinski definition) is 5. The van der Waals surface area contributed by atoms with Crippen molar-refractivity contribution >= 4 is 16.9 Å². The van der Waals surface area contributed by atoms with E-state index in [0.717, 1.165) is 22.3 Å². The second-order valence-corrected chi connectivity index (χ2v) is 7.37. The molecule has 0 radical (unpaired) electrons. The van der Waals surface area contributed by atoms with Gasteiger partial charge in [0.15, 0.2) is 5.78 Å². The number of phenolic OH excluding ortho intramolecular Hbond substituents is 2. The zero-order valence-electron chi connectivity index (χ0n) is 14.9. The van der Waals surface area contributed by atoms with Crippen LogP contribution >= 0.6 is 0 Å². The molecule has 0 bridgehead atoms. The maximum Gasteiger partial charge on any atom is 0.168 e. The van der Waals surface area contributed by atoms with Gasteiger partial charge in [0, 0.05) is 30.9 Å². The van der Waals surface area contributed by atoms with Gasteiger partial charge in [-0.1, -0.05) is 18.2 Å². The second kappa shape index (κ2) is 5.68. The smallest absolute Gasteiger partial charge is 0.168 e. The van der Waals surface area contributed by atoms with Crippen LogP contribution in [-0.2, 0) is 4.74 Å². The third-order valence-corrected chi connectivity index (χ3v) is 6.00. The number of fused-ring (bicyclic) bond motifs is 4. The Hall–Kier alpha value is -2.63. The molecule has 3 N–H and O–H groups in total.